The Hall–Kier alpha value is -0.820. The van der Waals surface area contributed by atoms with E-state index in [9.17, 15) is 13.2 Å². The number of ether oxygens (including phenoxy) is 1. The molecule has 1 aliphatic carbocycles. The monoisotopic (exact) mass is 334 g/mol. The zero-order valence-corrected chi connectivity index (χ0v) is 15.0. The van der Waals surface area contributed by atoms with Crippen LogP contribution in [0.15, 0.2) is 0 Å². The molecule has 0 saturated heterocycles. The van der Waals surface area contributed by atoms with Crippen LogP contribution in [0.5, 0.6) is 0 Å². The van der Waals surface area contributed by atoms with Gasteiger partial charge in [-0.3, -0.25) is 0 Å². The van der Waals surface area contributed by atoms with Crippen LogP contribution < -0.4 is 10.6 Å². The molecule has 1 rings (SSSR count). The summed E-state index contributed by atoms with van der Waals surface area (Å²) in [6.45, 7) is 6.53. The normalized spacial score (nSPS) is 23.1. The Labute approximate surface area is 134 Å². The SMILES string of the molecule is CC(C)(C)OC(=O)NCC1CCCCC1NCCS(C)(=O)=O. The molecular formula is C15H30N2O4S. The summed E-state index contributed by atoms with van der Waals surface area (Å²) in [4.78, 5) is 11.7. The molecule has 0 aromatic heterocycles. The number of hydrogen-bond acceptors (Lipinski definition) is 5. The molecule has 130 valence electrons. The number of rotatable bonds is 6. The van der Waals surface area contributed by atoms with Gasteiger partial charge in [0.1, 0.15) is 15.4 Å². The average molecular weight is 334 g/mol. The van der Waals surface area contributed by atoms with Crippen LogP contribution in [0.2, 0.25) is 0 Å². The van der Waals surface area contributed by atoms with E-state index in [-0.39, 0.29) is 11.8 Å². The fourth-order valence-corrected chi connectivity index (χ4v) is 3.17. The predicted octanol–water partition coefficient (Wildman–Crippen LogP) is 1.70. The third-order valence-corrected chi connectivity index (χ3v) is 4.64. The van der Waals surface area contributed by atoms with E-state index in [1.807, 2.05) is 20.8 Å². The van der Waals surface area contributed by atoms with Gasteiger partial charge in [0.05, 0.1) is 5.75 Å². The molecule has 0 aliphatic heterocycles. The van der Waals surface area contributed by atoms with Gasteiger partial charge in [-0.1, -0.05) is 12.8 Å². The second-order valence-electron chi connectivity index (χ2n) is 7.12. The Kier molecular flexibility index (Phi) is 7.12. The zero-order valence-electron chi connectivity index (χ0n) is 14.1. The van der Waals surface area contributed by atoms with Crippen LogP contribution in [0, 0.1) is 5.92 Å². The standard InChI is InChI=1S/C15H30N2O4S/c1-15(2,3)21-14(18)17-11-12-7-5-6-8-13(12)16-9-10-22(4,19)20/h12-13,16H,5-11H2,1-4H3,(H,17,18). The Morgan fingerprint density at radius 3 is 2.45 bits per heavy atom. The Bertz CT molecular complexity index is 457. The van der Waals surface area contributed by atoms with Gasteiger partial charge in [-0.2, -0.15) is 0 Å². The van der Waals surface area contributed by atoms with Gasteiger partial charge in [0.2, 0.25) is 0 Å². The lowest BCUT2D eigenvalue weighted by Gasteiger charge is -2.32. The maximum atomic E-state index is 11.7. The van der Waals surface area contributed by atoms with E-state index in [0.717, 1.165) is 25.7 Å². The van der Waals surface area contributed by atoms with Crippen LogP contribution in [-0.4, -0.2) is 51.3 Å². The highest BCUT2D eigenvalue weighted by Crippen LogP contribution is 2.24. The second kappa shape index (κ2) is 8.15. The first kappa shape index (κ1) is 19.2. The maximum Gasteiger partial charge on any atom is 0.407 e. The first-order chi connectivity index (χ1) is 10.1. The van der Waals surface area contributed by atoms with E-state index < -0.39 is 21.5 Å². The van der Waals surface area contributed by atoms with Gasteiger partial charge in [-0.25, -0.2) is 13.2 Å². The molecule has 1 amide bonds. The highest BCUT2D eigenvalue weighted by molar-refractivity contribution is 7.90. The molecule has 0 radical (unpaired) electrons. The number of carbonyl (C=O) groups is 1. The summed E-state index contributed by atoms with van der Waals surface area (Å²) in [7, 11) is -2.94. The molecule has 7 heteroatoms. The molecule has 0 aromatic carbocycles. The maximum absolute atomic E-state index is 11.7. The molecule has 1 aliphatic rings. The van der Waals surface area contributed by atoms with Crippen LogP contribution in [-0.2, 0) is 14.6 Å². The number of nitrogens with one attached hydrogen (secondary N) is 2. The molecule has 1 fully saturated rings. The van der Waals surface area contributed by atoms with Gasteiger partial charge >= 0.3 is 6.09 Å². The number of sulfone groups is 1. The van der Waals surface area contributed by atoms with Gasteiger partial charge in [0, 0.05) is 25.4 Å². The summed E-state index contributed by atoms with van der Waals surface area (Å²) in [5, 5.41) is 6.16. The van der Waals surface area contributed by atoms with Crippen molar-refractivity contribution in [1.29, 1.82) is 0 Å². The smallest absolute Gasteiger partial charge is 0.407 e. The van der Waals surface area contributed by atoms with Crippen molar-refractivity contribution in [2.75, 3.05) is 25.1 Å². The highest BCUT2D eigenvalue weighted by Gasteiger charge is 2.26. The fourth-order valence-electron chi connectivity index (χ4n) is 2.68. The fraction of sp³-hybridized carbons (Fsp3) is 0.933. The quantitative estimate of drug-likeness (QED) is 0.772. The van der Waals surface area contributed by atoms with Gasteiger partial charge in [-0.15, -0.1) is 0 Å². The van der Waals surface area contributed by atoms with Crippen LogP contribution in [0.4, 0.5) is 4.79 Å². The molecule has 2 N–H and O–H groups in total. The van der Waals surface area contributed by atoms with E-state index in [1.54, 1.807) is 0 Å². The minimum Gasteiger partial charge on any atom is -0.444 e. The summed E-state index contributed by atoms with van der Waals surface area (Å²) in [6, 6.07) is 0.255. The van der Waals surface area contributed by atoms with Crippen molar-refractivity contribution in [3.8, 4) is 0 Å². The van der Waals surface area contributed by atoms with Crippen LogP contribution >= 0.6 is 0 Å². The number of hydrogen-bond donors (Lipinski definition) is 2. The Morgan fingerprint density at radius 2 is 1.86 bits per heavy atom. The van der Waals surface area contributed by atoms with Crippen molar-refractivity contribution in [1.82, 2.24) is 10.6 Å². The van der Waals surface area contributed by atoms with Crippen molar-refractivity contribution >= 4 is 15.9 Å². The van der Waals surface area contributed by atoms with Gasteiger partial charge in [0.25, 0.3) is 0 Å². The molecule has 22 heavy (non-hydrogen) atoms. The average Bonchev–Trinajstić information content (AvgIpc) is 2.34. The van der Waals surface area contributed by atoms with E-state index in [4.69, 9.17) is 4.74 Å². The van der Waals surface area contributed by atoms with E-state index in [0.29, 0.717) is 19.0 Å². The topological polar surface area (TPSA) is 84.5 Å². The van der Waals surface area contributed by atoms with Crippen molar-refractivity contribution in [2.24, 2.45) is 5.92 Å². The highest BCUT2D eigenvalue weighted by atomic mass is 32.2. The molecule has 6 nitrogen and oxygen atoms in total. The van der Waals surface area contributed by atoms with Crippen molar-refractivity contribution < 1.29 is 17.9 Å². The lowest BCUT2D eigenvalue weighted by Crippen LogP contribution is -2.46. The van der Waals surface area contributed by atoms with E-state index in [2.05, 4.69) is 10.6 Å². The van der Waals surface area contributed by atoms with Crippen molar-refractivity contribution in [3.63, 3.8) is 0 Å². The minimum atomic E-state index is -2.94. The first-order valence-corrected chi connectivity index (χ1v) is 10.0. The molecule has 1 saturated carbocycles. The first-order valence-electron chi connectivity index (χ1n) is 7.95. The molecule has 2 unspecified atom stereocenters. The lowest BCUT2D eigenvalue weighted by atomic mass is 9.84. The predicted molar refractivity (Wildman–Crippen MR) is 87.7 cm³/mol. The molecule has 0 aromatic rings. The molecule has 2 atom stereocenters. The number of amides is 1. The zero-order chi connectivity index (χ0) is 16.8. The summed E-state index contributed by atoms with van der Waals surface area (Å²) in [5.41, 5.74) is -0.496. The Balaban J connectivity index is 2.40. The largest absolute Gasteiger partial charge is 0.444 e. The summed E-state index contributed by atoms with van der Waals surface area (Å²) >= 11 is 0. The minimum absolute atomic E-state index is 0.149. The summed E-state index contributed by atoms with van der Waals surface area (Å²) in [5.74, 6) is 0.469. The van der Waals surface area contributed by atoms with Crippen molar-refractivity contribution in [2.45, 2.75) is 58.1 Å². The third-order valence-electron chi connectivity index (χ3n) is 3.70. The second-order valence-corrected chi connectivity index (χ2v) is 9.38. The molecular weight excluding hydrogens is 304 g/mol. The van der Waals surface area contributed by atoms with E-state index in [1.165, 1.54) is 6.26 Å². The lowest BCUT2D eigenvalue weighted by molar-refractivity contribution is 0.0511. The molecule has 0 heterocycles. The number of carbonyl (C=O) groups excluding carboxylic acids is 1. The van der Waals surface area contributed by atoms with Crippen LogP contribution in [0.3, 0.4) is 0 Å². The summed E-state index contributed by atoms with van der Waals surface area (Å²) < 4.78 is 27.6. The van der Waals surface area contributed by atoms with Gasteiger partial charge in [-0.05, 0) is 39.5 Å². The molecule has 0 spiro atoms. The number of alkyl carbamates (subject to hydrolysis) is 1. The van der Waals surface area contributed by atoms with Crippen LogP contribution in [0.1, 0.15) is 46.5 Å². The summed E-state index contributed by atoms with van der Waals surface area (Å²) in [6.07, 6.45) is 5.19. The third kappa shape index (κ3) is 8.58. The molecule has 0 bridgehead atoms. The van der Waals surface area contributed by atoms with E-state index >= 15 is 0 Å². The Morgan fingerprint density at radius 1 is 1.23 bits per heavy atom. The van der Waals surface area contributed by atoms with Gasteiger partial charge in [0.15, 0.2) is 0 Å². The van der Waals surface area contributed by atoms with Crippen molar-refractivity contribution in [3.05, 3.63) is 0 Å². The van der Waals surface area contributed by atoms with Crippen LogP contribution in [0.25, 0.3) is 0 Å². The van der Waals surface area contributed by atoms with Gasteiger partial charge < -0.3 is 15.4 Å².